The highest BCUT2D eigenvalue weighted by atomic mass is 16.6. The first-order valence-corrected chi connectivity index (χ1v) is 14.7. The molecular weight excluding hydrogens is 528 g/mol. The average molecular weight is 573 g/mol. The molecule has 0 aliphatic carbocycles. The first-order chi connectivity index (χ1) is 19.8. The first kappa shape index (κ1) is 29.5. The second kappa shape index (κ2) is 11.3. The standard InChI is InChI=1S/C33H44N6O3/c1-22-9-10-23(32(2,3)4)19-27(22)34-29-26-20-39(31(40)42-33(5,6)7)21-28(26)35-30(36-29)38-17-15-37(16-18-38)24-11-13-25(41-8)14-12-24/h9-14,19H,15-18,20-21H2,1-8H3,(H,34,35,36). The Balaban J connectivity index is 1.42. The molecule has 0 radical (unpaired) electrons. The number of hydrogen-bond acceptors (Lipinski definition) is 8. The maximum absolute atomic E-state index is 13.0. The monoisotopic (exact) mass is 572 g/mol. The third-order valence-corrected chi connectivity index (χ3v) is 7.78. The van der Waals surface area contributed by atoms with Gasteiger partial charge in [-0.25, -0.2) is 9.78 Å². The summed E-state index contributed by atoms with van der Waals surface area (Å²) < 4.78 is 11.0. The molecule has 1 saturated heterocycles. The largest absolute Gasteiger partial charge is 0.497 e. The van der Waals surface area contributed by atoms with E-state index in [1.807, 2.05) is 32.9 Å². The van der Waals surface area contributed by atoms with Gasteiger partial charge in [-0.15, -0.1) is 0 Å². The van der Waals surface area contributed by atoms with Crippen molar-refractivity contribution in [1.29, 1.82) is 0 Å². The van der Waals surface area contributed by atoms with E-state index in [9.17, 15) is 4.79 Å². The van der Waals surface area contributed by atoms with E-state index in [0.29, 0.717) is 19.0 Å². The molecule has 1 aromatic heterocycles. The molecule has 0 saturated carbocycles. The number of ether oxygens (including phenoxy) is 2. The average Bonchev–Trinajstić information content (AvgIpc) is 3.38. The minimum atomic E-state index is -0.572. The molecule has 2 aliphatic rings. The van der Waals surface area contributed by atoms with Crippen LogP contribution in [0.2, 0.25) is 0 Å². The lowest BCUT2D eigenvalue weighted by Crippen LogP contribution is -2.47. The van der Waals surface area contributed by atoms with Crippen LogP contribution in [0.25, 0.3) is 0 Å². The zero-order valence-corrected chi connectivity index (χ0v) is 26.2. The molecule has 2 aliphatic heterocycles. The van der Waals surface area contributed by atoms with Crippen molar-refractivity contribution >= 4 is 29.2 Å². The van der Waals surface area contributed by atoms with Crippen molar-refractivity contribution in [2.75, 3.05) is 48.4 Å². The van der Waals surface area contributed by atoms with Crippen molar-refractivity contribution in [2.45, 2.75) is 72.6 Å². The summed E-state index contributed by atoms with van der Waals surface area (Å²) in [7, 11) is 1.68. The van der Waals surface area contributed by atoms with Crippen molar-refractivity contribution in [3.8, 4) is 5.75 Å². The fourth-order valence-electron chi connectivity index (χ4n) is 5.25. The van der Waals surface area contributed by atoms with Crippen molar-refractivity contribution in [2.24, 2.45) is 0 Å². The Morgan fingerprint density at radius 2 is 1.55 bits per heavy atom. The number of amides is 1. The molecule has 0 atom stereocenters. The highest BCUT2D eigenvalue weighted by molar-refractivity contribution is 5.72. The maximum atomic E-state index is 13.0. The zero-order valence-electron chi connectivity index (χ0n) is 26.2. The van der Waals surface area contributed by atoms with Gasteiger partial charge in [0.1, 0.15) is 17.2 Å². The van der Waals surface area contributed by atoms with Crippen LogP contribution in [0.5, 0.6) is 5.75 Å². The number of hydrogen-bond donors (Lipinski definition) is 1. The van der Waals surface area contributed by atoms with E-state index in [4.69, 9.17) is 19.4 Å². The minimum absolute atomic E-state index is 0.0139. The third kappa shape index (κ3) is 6.55. The van der Waals surface area contributed by atoms with Gasteiger partial charge >= 0.3 is 6.09 Å². The number of carbonyl (C=O) groups is 1. The van der Waals surface area contributed by atoms with Crippen LogP contribution in [-0.4, -0.2) is 59.9 Å². The number of piperazine rings is 1. The Morgan fingerprint density at radius 1 is 0.881 bits per heavy atom. The van der Waals surface area contributed by atoms with Crippen LogP contribution >= 0.6 is 0 Å². The number of nitrogens with one attached hydrogen (secondary N) is 1. The number of anilines is 4. The van der Waals surface area contributed by atoms with Crippen LogP contribution in [-0.2, 0) is 23.2 Å². The van der Waals surface area contributed by atoms with Crippen molar-refractivity contribution < 1.29 is 14.3 Å². The first-order valence-electron chi connectivity index (χ1n) is 14.7. The number of fused-ring (bicyclic) bond motifs is 1. The highest BCUT2D eigenvalue weighted by Crippen LogP contribution is 2.34. The molecule has 1 fully saturated rings. The molecule has 0 spiro atoms. The Morgan fingerprint density at radius 3 is 2.17 bits per heavy atom. The van der Waals surface area contributed by atoms with E-state index in [-0.39, 0.29) is 11.5 Å². The van der Waals surface area contributed by atoms with Crippen molar-refractivity contribution in [3.05, 3.63) is 64.8 Å². The molecule has 0 unspecified atom stereocenters. The van der Waals surface area contributed by atoms with Gasteiger partial charge in [0.05, 0.1) is 25.9 Å². The number of aryl methyl sites for hydroxylation is 1. The minimum Gasteiger partial charge on any atom is -0.497 e. The predicted molar refractivity (Wildman–Crippen MR) is 168 cm³/mol. The van der Waals surface area contributed by atoms with Crippen molar-refractivity contribution in [1.82, 2.24) is 14.9 Å². The lowest BCUT2D eigenvalue weighted by atomic mass is 9.86. The summed E-state index contributed by atoms with van der Waals surface area (Å²) >= 11 is 0. The summed E-state index contributed by atoms with van der Waals surface area (Å²) in [6, 6.07) is 14.7. The molecular formula is C33H44N6O3. The van der Waals surface area contributed by atoms with E-state index in [2.05, 4.69) is 73.1 Å². The van der Waals surface area contributed by atoms with Crippen molar-refractivity contribution in [3.63, 3.8) is 0 Å². The number of benzene rings is 2. The van der Waals surface area contributed by atoms with Gasteiger partial charge in [-0.05, 0) is 74.6 Å². The number of rotatable bonds is 5. The van der Waals surface area contributed by atoms with E-state index < -0.39 is 5.60 Å². The molecule has 0 bridgehead atoms. The molecule has 9 heteroatoms. The molecule has 1 N–H and O–H groups in total. The number of methoxy groups -OCH3 is 1. The van der Waals surface area contributed by atoms with Crippen LogP contribution in [0.4, 0.5) is 27.9 Å². The van der Waals surface area contributed by atoms with Crippen LogP contribution in [0.15, 0.2) is 42.5 Å². The van der Waals surface area contributed by atoms with Gasteiger partial charge in [-0.1, -0.05) is 32.9 Å². The molecule has 3 aromatic rings. The molecule has 5 rings (SSSR count). The van der Waals surface area contributed by atoms with Crippen LogP contribution in [0, 0.1) is 6.92 Å². The number of nitrogens with zero attached hydrogens (tertiary/aromatic N) is 5. The molecule has 42 heavy (non-hydrogen) atoms. The lowest BCUT2D eigenvalue weighted by Gasteiger charge is -2.36. The van der Waals surface area contributed by atoms with E-state index in [1.54, 1.807) is 12.0 Å². The highest BCUT2D eigenvalue weighted by Gasteiger charge is 2.33. The Bertz CT molecular complexity index is 1430. The predicted octanol–water partition coefficient (Wildman–Crippen LogP) is 6.41. The van der Waals surface area contributed by atoms with E-state index in [0.717, 1.165) is 60.3 Å². The third-order valence-electron chi connectivity index (χ3n) is 7.78. The normalized spacial score (nSPS) is 15.5. The summed E-state index contributed by atoms with van der Waals surface area (Å²) in [4.78, 5) is 29.4. The molecule has 2 aromatic carbocycles. The van der Waals surface area contributed by atoms with Gasteiger partial charge in [-0.3, -0.25) is 4.90 Å². The second-order valence-corrected chi connectivity index (χ2v) is 13.2. The van der Waals surface area contributed by atoms with Crippen LogP contribution in [0.3, 0.4) is 0 Å². The van der Waals surface area contributed by atoms with Gasteiger partial charge in [0.25, 0.3) is 0 Å². The summed E-state index contributed by atoms with van der Waals surface area (Å²) in [6.45, 7) is 18.5. The van der Waals surface area contributed by atoms with Gasteiger partial charge in [-0.2, -0.15) is 4.98 Å². The lowest BCUT2D eigenvalue weighted by molar-refractivity contribution is 0.0241. The molecule has 3 heterocycles. The van der Waals surface area contributed by atoms with Gasteiger partial charge in [0, 0.05) is 43.1 Å². The number of carbonyl (C=O) groups excluding carboxylic acids is 1. The van der Waals surface area contributed by atoms with Gasteiger partial charge < -0.3 is 24.6 Å². The van der Waals surface area contributed by atoms with E-state index in [1.165, 1.54) is 11.3 Å². The SMILES string of the molecule is COc1ccc(N2CCN(c3nc4c(c(Nc5cc(C(C)(C)C)ccc5C)n3)CN(C(=O)OC(C)(C)C)C4)CC2)cc1. The summed E-state index contributed by atoms with van der Waals surface area (Å²) in [6.07, 6.45) is -0.341. The van der Waals surface area contributed by atoms with Crippen LogP contribution < -0.4 is 19.9 Å². The van der Waals surface area contributed by atoms with E-state index >= 15 is 0 Å². The Hall–Kier alpha value is -4.01. The summed E-state index contributed by atoms with van der Waals surface area (Å²) in [5.74, 6) is 2.28. The van der Waals surface area contributed by atoms with Gasteiger partial charge in [0.15, 0.2) is 0 Å². The summed E-state index contributed by atoms with van der Waals surface area (Å²) in [5.41, 5.74) is 5.79. The molecule has 1 amide bonds. The quantitative estimate of drug-likeness (QED) is 0.376. The Labute approximate surface area is 249 Å². The molecule has 224 valence electrons. The van der Waals surface area contributed by atoms with Gasteiger partial charge in [0.2, 0.25) is 5.95 Å². The van der Waals surface area contributed by atoms with Crippen LogP contribution in [0.1, 0.15) is 63.9 Å². The smallest absolute Gasteiger partial charge is 0.410 e. The second-order valence-electron chi connectivity index (χ2n) is 13.2. The molecule has 9 nitrogen and oxygen atoms in total. The number of aromatic nitrogens is 2. The topological polar surface area (TPSA) is 83.1 Å². The Kier molecular flexibility index (Phi) is 7.96. The summed E-state index contributed by atoms with van der Waals surface area (Å²) in [5, 5.41) is 3.64. The zero-order chi connectivity index (χ0) is 30.2. The maximum Gasteiger partial charge on any atom is 0.410 e. The fraction of sp³-hybridized carbons (Fsp3) is 0.485. The fourth-order valence-corrected chi connectivity index (χ4v) is 5.25.